The van der Waals surface area contributed by atoms with E-state index in [1.54, 1.807) is 0 Å². The number of fused-ring (bicyclic) bond motifs is 16. The smallest absolute Gasteiger partial charge is 0.0147 e. The van der Waals surface area contributed by atoms with E-state index in [2.05, 4.69) is 485 Å². The van der Waals surface area contributed by atoms with E-state index in [0.717, 1.165) is 0 Å². The zero-order valence-corrected chi connectivity index (χ0v) is 73.6. The van der Waals surface area contributed by atoms with E-state index in [4.69, 9.17) is 0 Å². The average Bonchev–Trinajstić information content (AvgIpc) is 1.21. The molecule has 4 heterocycles. The van der Waals surface area contributed by atoms with E-state index >= 15 is 0 Å². The molecule has 0 bridgehead atoms. The zero-order chi connectivity index (χ0) is 84.3. The van der Waals surface area contributed by atoms with E-state index in [0.29, 0.717) is 0 Å². The molecule has 26 rings (SSSR count). The minimum Gasteiger partial charge on any atom is -0.0772 e. The Morgan fingerprint density at radius 2 is 0.336 bits per heavy atom. The Morgan fingerprint density at radius 3 is 0.672 bits per heavy atom. The van der Waals surface area contributed by atoms with E-state index in [1.807, 2.05) is 0 Å². The van der Waals surface area contributed by atoms with Crippen molar-refractivity contribution < 1.29 is 0 Å². The van der Waals surface area contributed by atoms with Gasteiger partial charge in [0.05, 0.1) is 0 Å². The van der Waals surface area contributed by atoms with Crippen LogP contribution in [0.15, 0.2) is 485 Å². The van der Waals surface area contributed by atoms with Gasteiger partial charge >= 0.3 is 0 Å². The van der Waals surface area contributed by atoms with Gasteiger partial charge in [-0.25, -0.2) is 0 Å². The van der Waals surface area contributed by atoms with Crippen LogP contribution >= 0.6 is 30.1 Å². The van der Waals surface area contributed by atoms with Gasteiger partial charge in [-0.05, 0) is 210 Å². The van der Waals surface area contributed by atoms with Crippen molar-refractivity contribution in [2.24, 2.45) is 0 Å². The molecule has 0 aliphatic rings. The first-order valence-corrected chi connectivity index (χ1v) is 49.6. The van der Waals surface area contributed by atoms with Crippen LogP contribution < -0.4 is 0 Å². The van der Waals surface area contributed by atoms with Crippen molar-refractivity contribution in [3.63, 3.8) is 0 Å². The molecule has 0 saturated carbocycles. The molecule has 4 atom stereocenters. The Balaban J connectivity index is 0.000000139. The highest BCUT2D eigenvalue weighted by atomic mass is 31.1. The van der Waals surface area contributed by atoms with Crippen LogP contribution in [0, 0.1) is 0 Å². The van der Waals surface area contributed by atoms with Gasteiger partial charge in [0.1, 0.15) is 0 Å². The lowest BCUT2D eigenvalue weighted by Crippen LogP contribution is -1.91. The second-order valence-electron chi connectivity index (χ2n) is 33.5. The molecule has 0 nitrogen and oxygen atoms in total. The van der Waals surface area contributed by atoms with E-state index < -0.39 is 30.1 Å². The van der Waals surface area contributed by atoms with Gasteiger partial charge in [0.15, 0.2) is 0 Å². The Labute approximate surface area is 747 Å². The normalized spacial score (nSPS) is 12.3. The fourth-order valence-electron chi connectivity index (χ4n) is 21.2. The van der Waals surface area contributed by atoms with Gasteiger partial charge in [-0.3, -0.25) is 0 Å². The molecule has 0 aliphatic heterocycles. The number of hydrogen-bond donors (Lipinski definition) is 0. The van der Waals surface area contributed by atoms with Crippen molar-refractivity contribution in [2.75, 3.05) is 0 Å². The van der Waals surface area contributed by atoms with Crippen LogP contribution in [-0.2, 0) is 0 Å². The molecule has 4 heteroatoms. The Kier molecular flexibility index (Phi) is 18.7. The fourth-order valence-corrected chi connectivity index (χ4v) is 32.1. The maximum absolute atomic E-state index is 2.54. The maximum atomic E-state index is 2.54. The summed E-state index contributed by atoms with van der Waals surface area (Å²) in [5.41, 5.74) is 20.2. The zero-order valence-electron chi connectivity index (χ0n) is 70.0. The topological polar surface area (TPSA) is 0 Å². The molecule has 4 unspecified atom stereocenters. The molecule has 0 spiro atoms. The standard InChI is InChI=1S/2C62H40P2/c1-4-18-41(19-5-1)42-36-38-43(39-37-42)60-50-28-14-26-46(52-30-16-32-54-48-24-10-12-34-58(48)63(61(52)54)44-20-6-2-7-21-44)56(50)40-57-47(27-15-29-51(57)60)53-31-17-33-55-49-25-11-13-35-59(49)64(62(53)55)45-22-8-3-9-23-45;1-4-18-41(19-5-1)42-36-38-43(39-37-42)60-50-28-14-26-46(48-30-16-34-58-61(48)52-24-10-12-32-56(52)63(58)44-20-6-2-7-21-44)54(50)40-55-47(27-15-29-51(55)60)49-31-17-35-59-62(49)53-25-11-13-33-57(53)64(59)45-22-8-3-9-23-45/h2*1-40H. The van der Waals surface area contributed by atoms with Crippen LogP contribution in [0.4, 0.5) is 0 Å². The largest absolute Gasteiger partial charge is 0.0772 e. The van der Waals surface area contributed by atoms with E-state index in [9.17, 15) is 0 Å². The molecule has 0 aliphatic carbocycles. The fraction of sp³-hybridized carbons (Fsp3) is 0. The quantitative estimate of drug-likeness (QED) is 0.107. The summed E-state index contributed by atoms with van der Waals surface area (Å²) in [7, 11) is -2.94. The summed E-state index contributed by atoms with van der Waals surface area (Å²) in [5, 5.41) is 38.1. The lowest BCUT2D eigenvalue weighted by Gasteiger charge is -2.19. The maximum Gasteiger partial charge on any atom is 0.0147 e. The summed E-state index contributed by atoms with van der Waals surface area (Å²) >= 11 is 0. The SMILES string of the molecule is c1ccc(-c2ccc(-c3c4cccc(-c5cccc6c5c5ccccc5p6-c5ccccc5)c4cc4c(-c5cccc6c5c5ccccc5p6-c5ccccc5)cccc34)cc2)cc1.c1ccc(-c2ccc(-c3c4cccc(-c5cccc6c7ccccc7p(-c7ccccc7)c56)c4cc4c(-c5cccc6c7ccccc7p(-c7ccccc7)c56)cccc34)cc2)cc1. The summed E-state index contributed by atoms with van der Waals surface area (Å²) in [5.74, 6) is 0. The van der Waals surface area contributed by atoms with Crippen molar-refractivity contribution >= 4 is 157 Å². The predicted octanol–water partition coefficient (Wildman–Crippen LogP) is 38.5. The molecule has 0 amide bonds. The highest BCUT2D eigenvalue weighted by Gasteiger charge is 2.27. The number of hydrogen-bond acceptors (Lipinski definition) is 0. The number of benzene rings is 22. The van der Waals surface area contributed by atoms with Crippen molar-refractivity contribution in [2.45, 2.75) is 0 Å². The summed E-state index contributed by atoms with van der Waals surface area (Å²) < 4.78 is 0. The van der Waals surface area contributed by atoms with Gasteiger partial charge in [-0.1, -0.05) is 491 Å². The molecule has 26 aromatic rings. The molecule has 596 valence electrons. The van der Waals surface area contributed by atoms with Gasteiger partial charge in [0.25, 0.3) is 0 Å². The molecular formula is C124H80P4. The van der Waals surface area contributed by atoms with Gasteiger partial charge < -0.3 is 0 Å². The minimum absolute atomic E-state index is 0.694. The van der Waals surface area contributed by atoms with Crippen LogP contribution in [0.2, 0.25) is 0 Å². The average molecular weight is 1690 g/mol. The summed E-state index contributed by atoms with van der Waals surface area (Å²) in [6.45, 7) is 0. The van der Waals surface area contributed by atoms with Crippen molar-refractivity contribution in [1.29, 1.82) is 0 Å². The molecule has 0 saturated heterocycles. The van der Waals surface area contributed by atoms with Gasteiger partial charge in [-0.15, -0.1) is 0 Å². The highest BCUT2D eigenvalue weighted by molar-refractivity contribution is 7.69. The van der Waals surface area contributed by atoms with Gasteiger partial charge in [-0.2, -0.15) is 0 Å². The van der Waals surface area contributed by atoms with Crippen molar-refractivity contribution in [3.8, 4) is 110 Å². The monoisotopic (exact) mass is 1690 g/mol. The first-order chi connectivity index (χ1) is 63.6. The van der Waals surface area contributed by atoms with Crippen LogP contribution in [0.5, 0.6) is 0 Å². The molecule has 0 fully saturated rings. The molecule has 4 aromatic heterocycles. The van der Waals surface area contributed by atoms with Crippen LogP contribution in [0.25, 0.3) is 237 Å². The molecular weight excluding hydrogens is 1610 g/mol. The third kappa shape index (κ3) is 12.4. The van der Waals surface area contributed by atoms with Crippen LogP contribution in [0.3, 0.4) is 0 Å². The summed E-state index contributed by atoms with van der Waals surface area (Å²) in [6, 6.07) is 182. The lowest BCUT2D eigenvalue weighted by molar-refractivity contribution is 1.61. The van der Waals surface area contributed by atoms with Crippen LogP contribution in [0.1, 0.15) is 0 Å². The second kappa shape index (κ2) is 31.6. The highest BCUT2D eigenvalue weighted by Crippen LogP contribution is 2.63. The first kappa shape index (κ1) is 75.6. The van der Waals surface area contributed by atoms with Crippen molar-refractivity contribution in [1.82, 2.24) is 0 Å². The third-order valence-electron chi connectivity index (χ3n) is 26.6. The van der Waals surface area contributed by atoms with Crippen molar-refractivity contribution in [3.05, 3.63) is 485 Å². The Bertz CT molecular complexity index is 8440. The molecule has 0 N–H and O–H groups in total. The van der Waals surface area contributed by atoms with E-state index in [1.165, 1.54) is 237 Å². The first-order valence-electron chi connectivity index (χ1n) is 44.2. The predicted molar refractivity (Wildman–Crippen MR) is 563 cm³/mol. The minimum atomic E-state index is -0.777. The molecule has 0 radical (unpaired) electrons. The summed E-state index contributed by atoms with van der Waals surface area (Å²) in [6.07, 6.45) is 0. The van der Waals surface area contributed by atoms with Crippen LogP contribution in [-0.4, -0.2) is 0 Å². The van der Waals surface area contributed by atoms with Gasteiger partial charge in [0.2, 0.25) is 0 Å². The lowest BCUT2D eigenvalue weighted by atomic mass is 9.85. The second-order valence-corrected chi connectivity index (χ2v) is 42.1. The molecule has 128 heavy (non-hydrogen) atoms. The third-order valence-corrected chi connectivity index (χ3v) is 37.0. The molecule has 22 aromatic carbocycles. The summed E-state index contributed by atoms with van der Waals surface area (Å²) in [4.78, 5) is 0. The Hall–Kier alpha value is -14.9. The number of rotatable bonds is 12. The van der Waals surface area contributed by atoms with Gasteiger partial charge in [0, 0.05) is 51.7 Å². The Morgan fingerprint density at radius 1 is 0.117 bits per heavy atom. The van der Waals surface area contributed by atoms with E-state index in [-0.39, 0.29) is 0 Å².